The molecule has 1 aliphatic heterocycles. The lowest BCUT2D eigenvalue weighted by Crippen LogP contribution is -2.43. The number of hydrogen-bond donors (Lipinski definition) is 2. The smallest absolute Gasteiger partial charge is 0.241 e. The van der Waals surface area contributed by atoms with Crippen molar-refractivity contribution in [2.24, 2.45) is 0 Å². The number of benzene rings is 1. The molecular formula is C12H14Cl2N2O. The van der Waals surface area contributed by atoms with E-state index in [0.29, 0.717) is 15.7 Å². The Morgan fingerprint density at radius 2 is 2.18 bits per heavy atom. The van der Waals surface area contributed by atoms with Crippen molar-refractivity contribution in [1.29, 1.82) is 0 Å². The van der Waals surface area contributed by atoms with Crippen LogP contribution in [0.1, 0.15) is 19.3 Å². The third-order valence-corrected chi connectivity index (χ3v) is 3.38. The second-order valence-electron chi connectivity index (χ2n) is 4.12. The van der Waals surface area contributed by atoms with E-state index in [1.807, 2.05) is 0 Å². The quantitative estimate of drug-likeness (QED) is 0.869. The largest absolute Gasteiger partial charge is 0.323 e. The van der Waals surface area contributed by atoms with E-state index in [-0.39, 0.29) is 11.9 Å². The van der Waals surface area contributed by atoms with Crippen molar-refractivity contribution in [3.05, 3.63) is 28.2 Å². The molecule has 2 rings (SSSR count). The van der Waals surface area contributed by atoms with Crippen molar-refractivity contribution in [1.82, 2.24) is 5.32 Å². The Labute approximate surface area is 110 Å². The molecule has 0 radical (unpaired) electrons. The first-order chi connectivity index (χ1) is 8.16. The number of piperidine rings is 1. The summed E-state index contributed by atoms with van der Waals surface area (Å²) >= 11 is 11.8. The predicted molar refractivity (Wildman–Crippen MR) is 70.7 cm³/mol. The molecule has 2 N–H and O–H groups in total. The summed E-state index contributed by atoms with van der Waals surface area (Å²) in [4.78, 5) is 12.0. The van der Waals surface area contributed by atoms with Gasteiger partial charge in [0.25, 0.3) is 0 Å². The fourth-order valence-corrected chi connectivity index (χ4v) is 2.23. The van der Waals surface area contributed by atoms with E-state index in [9.17, 15) is 4.79 Å². The van der Waals surface area contributed by atoms with E-state index in [2.05, 4.69) is 10.6 Å². The van der Waals surface area contributed by atoms with Crippen LogP contribution in [0.3, 0.4) is 0 Å². The van der Waals surface area contributed by atoms with E-state index in [4.69, 9.17) is 23.2 Å². The maximum atomic E-state index is 12.0. The molecule has 1 fully saturated rings. The molecule has 1 amide bonds. The molecule has 1 atom stereocenters. The van der Waals surface area contributed by atoms with Crippen molar-refractivity contribution in [2.45, 2.75) is 25.3 Å². The van der Waals surface area contributed by atoms with Gasteiger partial charge in [-0.1, -0.05) is 29.6 Å². The van der Waals surface area contributed by atoms with E-state index in [1.165, 1.54) is 0 Å². The molecule has 3 nitrogen and oxygen atoms in total. The van der Waals surface area contributed by atoms with Gasteiger partial charge in [-0.2, -0.15) is 0 Å². The van der Waals surface area contributed by atoms with Gasteiger partial charge in [0.2, 0.25) is 5.91 Å². The van der Waals surface area contributed by atoms with Crippen LogP contribution in [0.25, 0.3) is 0 Å². The van der Waals surface area contributed by atoms with Crippen LogP contribution < -0.4 is 10.6 Å². The third-order valence-electron chi connectivity index (χ3n) is 2.81. The van der Waals surface area contributed by atoms with Crippen molar-refractivity contribution in [3.63, 3.8) is 0 Å². The molecule has 0 aromatic heterocycles. The highest BCUT2D eigenvalue weighted by Gasteiger charge is 2.20. The predicted octanol–water partition coefficient (Wildman–Crippen LogP) is 3.07. The van der Waals surface area contributed by atoms with Crippen LogP contribution in [0, 0.1) is 0 Å². The van der Waals surface area contributed by atoms with E-state index >= 15 is 0 Å². The highest BCUT2D eigenvalue weighted by molar-refractivity contribution is 6.35. The molecule has 17 heavy (non-hydrogen) atoms. The Morgan fingerprint density at radius 3 is 2.88 bits per heavy atom. The molecule has 0 saturated carbocycles. The molecule has 1 saturated heterocycles. The number of carbonyl (C=O) groups is 1. The third kappa shape index (κ3) is 3.35. The number of anilines is 1. The van der Waals surface area contributed by atoms with E-state index in [0.717, 1.165) is 25.8 Å². The summed E-state index contributed by atoms with van der Waals surface area (Å²) < 4.78 is 0. The van der Waals surface area contributed by atoms with Gasteiger partial charge in [0.1, 0.15) is 0 Å². The molecule has 0 aliphatic carbocycles. The van der Waals surface area contributed by atoms with Gasteiger partial charge >= 0.3 is 0 Å². The first kappa shape index (κ1) is 12.7. The van der Waals surface area contributed by atoms with Crippen LogP contribution in [-0.2, 0) is 4.79 Å². The normalized spacial score (nSPS) is 20.0. The Morgan fingerprint density at radius 1 is 1.35 bits per heavy atom. The maximum Gasteiger partial charge on any atom is 0.241 e. The number of rotatable bonds is 2. The summed E-state index contributed by atoms with van der Waals surface area (Å²) in [5.74, 6) is -0.0473. The van der Waals surface area contributed by atoms with Crippen molar-refractivity contribution >= 4 is 34.8 Å². The molecule has 1 aromatic carbocycles. The second-order valence-corrected chi connectivity index (χ2v) is 4.96. The first-order valence-corrected chi connectivity index (χ1v) is 6.42. The van der Waals surface area contributed by atoms with Crippen LogP contribution in [0.4, 0.5) is 5.69 Å². The Kier molecular flexibility index (Phi) is 4.26. The van der Waals surface area contributed by atoms with E-state index < -0.39 is 0 Å². The van der Waals surface area contributed by atoms with Gasteiger partial charge in [-0.25, -0.2) is 0 Å². The molecule has 92 valence electrons. The number of nitrogens with one attached hydrogen (secondary N) is 2. The molecule has 5 heteroatoms. The van der Waals surface area contributed by atoms with Gasteiger partial charge in [0, 0.05) is 5.02 Å². The molecular weight excluding hydrogens is 259 g/mol. The molecule has 1 aromatic rings. The van der Waals surface area contributed by atoms with Crippen LogP contribution in [0.5, 0.6) is 0 Å². The Bertz CT molecular complexity index is 417. The average molecular weight is 273 g/mol. The minimum Gasteiger partial charge on any atom is -0.323 e. The lowest BCUT2D eigenvalue weighted by atomic mass is 10.0. The van der Waals surface area contributed by atoms with Gasteiger partial charge < -0.3 is 10.6 Å². The lowest BCUT2D eigenvalue weighted by Gasteiger charge is -2.22. The zero-order valence-electron chi connectivity index (χ0n) is 9.30. The first-order valence-electron chi connectivity index (χ1n) is 5.66. The monoisotopic (exact) mass is 272 g/mol. The maximum absolute atomic E-state index is 12.0. The molecule has 0 bridgehead atoms. The number of carbonyl (C=O) groups excluding carboxylic acids is 1. The number of halogens is 2. The van der Waals surface area contributed by atoms with Crippen LogP contribution >= 0.6 is 23.2 Å². The summed E-state index contributed by atoms with van der Waals surface area (Å²) in [6.07, 6.45) is 3.07. The van der Waals surface area contributed by atoms with Gasteiger partial charge in [-0.3, -0.25) is 4.79 Å². The molecule has 0 unspecified atom stereocenters. The SMILES string of the molecule is O=C(Nc1cc(Cl)ccc1Cl)[C@H]1CCCCN1. The minimum absolute atomic E-state index is 0.0473. The highest BCUT2D eigenvalue weighted by Crippen LogP contribution is 2.25. The summed E-state index contributed by atoms with van der Waals surface area (Å²) in [5, 5.41) is 7.04. The van der Waals surface area contributed by atoms with Crippen LogP contribution in [-0.4, -0.2) is 18.5 Å². The van der Waals surface area contributed by atoms with Crippen LogP contribution in [0.15, 0.2) is 18.2 Å². The summed E-state index contributed by atoms with van der Waals surface area (Å²) in [6, 6.07) is 4.90. The fraction of sp³-hybridized carbons (Fsp3) is 0.417. The molecule has 1 heterocycles. The van der Waals surface area contributed by atoms with Crippen molar-refractivity contribution < 1.29 is 4.79 Å². The van der Waals surface area contributed by atoms with Crippen LogP contribution in [0.2, 0.25) is 10.0 Å². The van der Waals surface area contributed by atoms with E-state index in [1.54, 1.807) is 18.2 Å². The summed E-state index contributed by atoms with van der Waals surface area (Å²) in [7, 11) is 0. The van der Waals surface area contributed by atoms with Gasteiger partial charge in [-0.05, 0) is 37.6 Å². The fourth-order valence-electron chi connectivity index (χ4n) is 1.89. The average Bonchev–Trinajstić information content (AvgIpc) is 2.35. The highest BCUT2D eigenvalue weighted by atomic mass is 35.5. The van der Waals surface area contributed by atoms with Crippen molar-refractivity contribution in [2.75, 3.05) is 11.9 Å². The number of hydrogen-bond acceptors (Lipinski definition) is 2. The molecule has 1 aliphatic rings. The standard InChI is InChI=1S/C12H14Cl2N2O/c13-8-4-5-9(14)11(7-8)16-12(17)10-3-1-2-6-15-10/h4-5,7,10,15H,1-3,6H2,(H,16,17)/t10-/m1/s1. The van der Waals surface area contributed by atoms with Gasteiger partial charge in [0.05, 0.1) is 16.8 Å². The minimum atomic E-state index is -0.126. The van der Waals surface area contributed by atoms with Gasteiger partial charge in [0.15, 0.2) is 0 Å². The second kappa shape index (κ2) is 5.71. The summed E-state index contributed by atoms with van der Waals surface area (Å²) in [5.41, 5.74) is 0.566. The topological polar surface area (TPSA) is 41.1 Å². The van der Waals surface area contributed by atoms with Gasteiger partial charge in [-0.15, -0.1) is 0 Å². The lowest BCUT2D eigenvalue weighted by molar-refractivity contribution is -0.118. The zero-order valence-corrected chi connectivity index (χ0v) is 10.8. The Balaban J connectivity index is 2.04. The molecule has 0 spiro atoms. The number of amides is 1. The van der Waals surface area contributed by atoms with Crippen molar-refractivity contribution in [3.8, 4) is 0 Å². The summed E-state index contributed by atoms with van der Waals surface area (Å²) in [6.45, 7) is 0.890. The Hall–Kier alpha value is -0.770. The zero-order chi connectivity index (χ0) is 12.3.